The van der Waals surface area contributed by atoms with Crippen molar-refractivity contribution in [1.29, 1.82) is 0 Å². The lowest BCUT2D eigenvalue weighted by Gasteiger charge is -2.16. The number of carbonyl (C=O) groups excluding carboxylic acids is 1. The Labute approximate surface area is 196 Å². The van der Waals surface area contributed by atoms with Crippen molar-refractivity contribution in [2.24, 2.45) is 0 Å². The maximum atomic E-state index is 12.6. The molecule has 170 valence electrons. The van der Waals surface area contributed by atoms with Crippen molar-refractivity contribution < 1.29 is 4.79 Å². The summed E-state index contributed by atoms with van der Waals surface area (Å²) in [6.07, 6.45) is 5.58. The minimum Gasteiger partial charge on any atom is -0.345 e. The summed E-state index contributed by atoms with van der Waals surface area (Å²) in [5.74, 6) is -0.413. The molecule has 0 radical (unpaired) electrons. The van der Waals surface area contributed by atoms with Crippen molar-refractivity contribution >= 4 is 17.2 Å². The van der Waals surface area contributed by atoms with Crippen LogP contribution in [0.25, 0.3) is 11.3 Å². The number of amides is 1. The second kappa shape index (κ2) is 9.29. The summed E-state index contributed by atoms with van der Waals surface area (Å²) < 4.78 is 3.36. The Bertz CT molecular complexity index is 1520. The van der Waals surface area contributed by atoms with E-state index < -0.39 is 5.91 Å². The molecule has 0 fully saturated rings. The monoisotopic (exact) mass is 452 g/mol. The quantitative estimate of drug-likeness (QED) is 0.411. The van der Waals surface area contributed by atoms with Crippen LogP contribution in [-0.2, 0) is 19.6 Å². The Balaban J connectivity index is 1.25. The van der Waals surface area contributed by atoms with Crippen LogP contribution >= 0.6 is 0 Å². The van der Waals surface area contributed by atoms with Gasteiger partial charge in [0.1, 0.15) is 17.0 Å². The van der Waals surface area contributed by atoms with Crippen LogP contribution in [0.5, 0.6) is 0 Å². The number of imidazole rings is 1. The molecule has 4 heterocycles. The van der Waals surface area contributed by atoms with Crippen molar-refractivity contribution in [3.8, 4) is 0 Å². The highest BCUT2D eigenvalue weighted by molar-refractivity contribution is 5.92. The molecular weight excluding hydrogens is 428 g/mol. The molecule has 0 saturated carbocycles. The maximum absolute atomic E-state index is 12.6. The van der Waals surface area contributed by atoms with Crippen LogP contribution in [0.2, 0.25) is 0 Å². The molecule has 0 saturated heterocycles. The van der Waals surface area contributed by atoms with Crippen molar-refractivity contribution in [2.75, 3.05) is 7.05 Å². The van der Waals surface area contributed by atoms with Crippen molar-refractivity contribution in [3.63, 3.8) is 0 Å². The molecule has 1 aromatic carbocycles. The molecular formula is C26H24N6O2. The number of rotatable bonds is 7. The van der Waals surface area contributed by atoms with E-state index in [0.717, 1.165) is 24.4 Å². The van der Waals surface area contributed by atoms with Crippen LogP contribution in [0.4, 0.5) is 0 Å². The number of nitrogens with zero attached hydrogens (tertiary/aromatic N) is 5. The van der Waals surface area contributed by atoms with E-state index in [1.807, 2.05) is 22.7 Å². The number of benzene rings is 1. The Morgan fingerprint density at radius 1 is 0.912 bits per heavy atom. The Hall–Kier alpha value is -4.30. The lowest BCUT2D eigenvalue weighted by Crippen LogP contribution is -2.27. The second-order valence-corrected chi connectivity index (χ2v) is 8.28. The normalized spacial score (nSPS) is 11.4. The summed E-state index contributed by atoms with van der Waals surface area (Å²) in [6.45, 7) is 1.91. The molecule has 5 aromatic rings. The molecule has 0 aliphatic carbocycles. The topological polar surface area (TPSA) is 84.0 Å². The van der Waals surface area contributed by atoms with Gasteiger partial charge >= 0.3 is 0 Å². The molecule has 1 amide bonds. The van der Waals surface area contributed by atoms with E-state index in [1.165, 1.54) is 21.6 Å². The van der Waals surface area contributed by atoms with Gasteiger partial charge in [-0.15, -0.1) is 0 Å². The second-order valence-electron chi connectivity index (χ2n) is 8.28. The van der Waals surface area contributed by atoms with Crippen LogP contribution in [0.1, 0.15) is 27.3 Å². The zero-order valence-electron chi connectivity index (χ0n) is 18.8. The zero-order chi connectivity index (χ0) is 23.5. The van der Waals surface area contributed by atoms with Gasteiger partial charge in [-0.2, -0.15) is 0 Å². The molecule has 0 aliphatic rings. The van der Waals surface area contributed by atoms with E-state index in [1.54, 1.807) is 24.4 Å². The van der Waals surface area contributed by atoms with Gasteiger partial charge in [-0.25, -0.2) is 9.97 Å². The maximum Gasteiger partial charge on any atom is 0.270 e. The number of hydrogen-bond donors (Lipinski definition) is 1. The van der Waals surface area contributed by atoms with Crippen LogP contribution in [0.3, 0.4) is 0 Å². The van der Waals surface area contributed by atoms with Gasteiger partial charge in [-0.3, -0.25) is 18.9 Å². The molecule has 0 atom stereocenters. The van der Waals surface area contributed by atoms with Gasteiger partial charge in [0, 0.05) is 37.7 Å². The molecule has 0 bridgehead atoms. The van der Waals surface area contributed by atoms with E-state index in [0.29, 0.717) is 5.65 Å². The average molecular weight is 453 g/mol. The third-order valence-electron chi connectivity index (χ3n) is 5.54. The summed E-state index contributed by atoms with van der Waals surface area (Å²) >= 11 is 0. The molecule has 0 aliphatic heterocycles. The van der Waals surface area contributed by atoms with Gasteiger partial charge in [-0.05, 0) is 36.4 Å². The van der Waals surface area contributed by atoms with Gasteiger partial charge < -0.3 is 9.72 Å². The van der Waals surface area contributed by atoms with E-state index in [9.17, 15) is 9.59 Å². The lowest BCUT2D eigenvalue weighted by atomic mass is 10.2. The Morgan fingerprint density at radius 2 is 1.71 bits per heavy atom. The Kier molecular flexibility index (Phi) is 5.88. The predicted octanol–water partition coefficient (Wildman–Crippen LogP) is 2.90. The van der Waals surface area contributed by atoms with Gasteiger partial charge in [0.05, 0.1) is 12.2 Å². The highest BCUT2D eigenvalue weighted by atomic mass is 16.2. The summed E-state index contributed by atoms with van der Waals surface area (Å²) in [7, 11) is 2.10. The highest BCUT2D eigenvalue weighted by Gasteiger charge is 2.12. The first-order valence-electron chi connectivity index (χ1n) is 11.0. The zero-order valence-corrected chi connectivity index (χ0v) is 18.8. The third-order valence-corrected chi connectivity index (χ3v) is 5.54. The minimum absolute atomic E-state index is 0.0868. The molecule has 5 rings (SSSR count). The van der Waals surface area contributed by atoms with Crippen LogP contribution in [-0.4, -0.2) is 36.6 Å². The van der Waals surface area contributed by atoms with Crippen LogP contribution < -0.4 is 10.9 Å². The molecule has 4 aromatic heterocycles. The van der Waals surface area contributed by atoms with Gasteiger partial charge in [0.15, 0.2) is 0 Å². The van der Waals surface area contributed by atoms with E-state index in [-0.39, 0.29) is 17.8 Å². The third kappa shape index (κ3) is 4.72. The van der Waals surface area contributed by atoms with Crippen LogP contribution in [0, 0.1) is 0 Å². The first-order valence-corrected chi connectivity index (χ1v) is 11.0. The summed E-state index contributed by atoms with van der Waals surface area (Å²) in [6, 6.07) is 20.9. The van der Waals surface area contributed by atoms with Gasteiger partial charge in [0.2, 0.25) is 0 Å². The molecule has 0 spiro atoms. The largest absolute Gasteiger partial charge is 0.345 e. The first kappa shape index (κ1) is 21.5. The van der Waals surface area contributed by atoms with Crippen LogP contribution in [0.15, 0.2) is 90.1 Å². The first-order chi connectivity index (χ1) is 16.5. The summed E-state index contributed by atoms with van der Waals surface area (Å²) in [5.41, 5.74) is 4.19. The fourth-order valence-electron chi connectivity index (χ4n) is 3.96. The summed E-state index contributed by atoms with van der Waals surface area (Å²) in [5, 5.41) is 2.81. The van der Waals surface area contributed by atoms with E-state index >= 15 is 0 Å². The number of fused-ring (bicyclic) bond motifs is 2. The standard InChI is InChI=1S/C26H24N6O2/c1-30(15-19-7-3-2-4-8-19)16-20-10-11-23-28-21(18-31(23)17-20)14-27-26(34)22-13-25(33)32-12-6-5-9-24(32)29-22/h2-13,17-18H,14-16H2,1H3,(H,27,34). The van der Waals surface area contributed by atoms with Crippen molar-refractivity contribution in [3.05, 3.63) is 118 Å². The Morgan fingerprint density at radius 3 is 2.56 bits per heavy atom. The molecule has 8 nitrogen and oxygen atoms in total. The number of aromatic nitrogens is 4. The van der Waals surface area contributed by atoms with Crippen molar-refractivity contribution in [2.45, 2.75) is 19.6 Å². The number of pyridine rings is 2. The SMILES string of the molecule is CN(Cc1ccccc1)Cc1ccc2nc(CNC(=O)c3cc(=O)n4ccccc4n3)cn2c1. The van der Waals surface area contributed by atoms with E-state index in [2.05, 4.69) is 63.8 Å². The van der Waals surface area contributed by atoms with Gasteiger partial charge in [0.25, 0.3) is 11.5 Å². The van der Waals surface area contributed by atoms with Gasteiger partial charge in [-0.1, -0.05) is 42.5 Å². The number of carbonyl (C=O) groups is 1. The van der Waals surface area contributed by atoms with E-state index in [4.69, 9.17) is 0 Å². The molecule has 8 heteroatoms. The number of hydrogen-bond acceptors (Lipinski definition) is 5. The summed E-state index contributed by atoms with van der Waals surface area (Å²) in [4.78, 5) is 35.9. The fraction of sp³-hybridized carbons (Fsp3) is 0.154. The average Bonchev–Trinajstić information content (AvgIpc) is 3.25. The number of nitrogens with one attached hydrogen (secondary N) is 1. The smallest absolute Gasteiger partial charge is 0.270 e. The molecule has 0 unspecified atom stereocenters. The molecule has 1 N–H and O–H groups in total. The lowest BCUT2D eigenvalue weighted by molar-refractivity contribution is 0.0945. The fourth-order valence-corrected chi connectivity index (χ4v) is 3.96. The minimum atomic E-state index is -0.413. The van der Waals surface area contributed by atoms with Crippen molar-refractivity contribution in [1.82, 2.24) is 29.0 Å². The molecule has 34 heavy (non-hydrogen) atoms. The highest BCUT2D eigenvalue weighted by Crippen LogP contribution is 2.12. The predicted molar refractivity (Wildman–Crippen MR) is 129 cm³/mol.